The van der Waals surface area contributed by atoms with Crippen molar-refractivity contribution in [1.29, 1.82) is 0 Å². The van der Waals surface area contributed by atoms with Crippen LogP contribution in [0.3, 0.4) is 0 Å². The van der Waals surface area contributed by atoms with Crippen molar-refractivity contribution in [3.63, 3.8) is 0 Å². The van der Waals surface area contributed by atoms with Gasteiger partial charge in [-0.2, -0.15) is 0 Å². The molecular weight excluding hydrogens is 1680 g/mol. The zero-order valence-electron chi connectivity index (χ0n) is 66.9. The second-order valence-electron chi connectivity index (χ2n) is 30.7. The van der Waals surface area contributed by atoms with Gasteiger partial charge in [0.15, 0.2) is 56.6 Å². The minimum atomic E-state index is -2.54. The minimum Gasteiger partial charge on any atom is -0.394 e. The molecule has 0 unspecified atom stereocenters. The van der Waals surface area contributed by atoms with E-state index in [1.54, 1.807) is 0 Å². The van der Waals surface area contributed by atoms with Crippen LogP contribution in [0.15, 0.2) is 0 Å². The van der Waals surface area contributed by atoms with Crippen molar-refractivity contribution < 1.29 is 247 Å². The van der Waals surface area contributed by atoms with Crippen LogP contribution in [0.5, 0.6) is 0 Å². The van der Waals surface area contributed by atoms with Crippen LogP contribution in [0.25, 0.3) is 0 Å². The molecule has 0 aromatic heterocycles. The van der Waals surface area contributed by atoms with Gasteiger partial charge in [0.2, 0.25) is 23.6 Å². The molecule has 9 rings (SSSR count). The Bertz CT molecular complexity index is 3230. The molecule has 0 aliphatic carbocycles. The number of aliphatic hydroxyl groups excluding tert-OH is 26. The van der Waals surface area contributed by atoms with Gasteiger partial charge in [0.05, 0.1) is 78.7 Å². The quantitative estimate of drug-likeness (QED) is 0.0275. The van der Waals surface area contributed by atoms with E-state index >= 15 is 0 Å². The molecule has 9 saturated heterocycles. The lowest BCUT2D eigenvalue weighted by Crippen LogP contribution is -2.72. The van der Waals surface area contributed by atoms with Crippen molar-refractivity contribution in [3.8, 4) is 0 Å². The zero-order chi connectivity index (χ0) is 90.8. The smallest absolute Gasteiger partial charge is 0.217 e. The molecule has 9 aliphatic heterocycles. The zero-order valence-corrected chi connectivity index (χ0v) is 66.9. The van der Waals surface area contributed by atoms with E-state index in [1.807, 2.05) is 0 Å². The van der Waals surface area contributed by atoms with Gasteiger partial charge in [0.1, 0.15) is 232 Å². The second kappa shape index (κ2) is 46.2. The first-order valence-corrected chi connectivity index (χ1v) is 39.2. The van der Waals surface area contributed by atoms with Crippen LogP contribution in [0.1, 0.15) is 27.7 Å². The maximum absolute atomic E-state index is 13.5. The van der Waals surface area contributed by atoms with Crippen LogP contribution >= 0.6 is 0 Å². The molecule has 54 nitrogen and oxygen atoms in total. The van der Waals surface area contributed by atoms with Crippen LogP contribution in [-0.4, -0.2) is 538 Å². The van der Waals surface area contributed by atoms with Gasteiger partial charge in [0, 0.05) is 41.9 Å². The highest BCUT2D eigenvalue weighted by atomic mass is 16.8. The predicted molar refractivity (Wildman–Crippen MR) is 382 cm³/mol. The fourth-order valence-electron chi connectivity index (χ4n) is 15.7. The molecule has 30 N–H and O–H groups in total. The SMILES string of the molecule is CO[C@H]1[C@@H](O)[C@@H](CO)O[C@@H](OC[C@H]2O[C@@H](O[C@H]3[C@H](O)[C@@H](NC(C)=O)[C@H](O[C@@H]4[C@@H](O[C@H]5[C@H](O)[C@@H](CO[C@H]6O[C@H](CO)[C@@H](O)[C@H](O)[C@@H]6O)O[C@@H](O[C@H]6[C@H](O)[C@@H](NC(C)=O)[C@H](O[C@@H]([C@H](O)[C@H](CO)NC(C)=O)[C@H](O)CO)O[C@@H]6CO)[C@H]5O[C@@H]5OC[C@@H](O)[C@H](O)[C@H]5O)O[C@H](CO)[C@@H](O)[C@@H]4O)O[C@@H]3CO)[C@H](NC(C)=O)[C@@H](O[C@@H]3O[C@H](CO)[C@H](OC)[C@H](O)[C@H]3O)[C@H]2O)[C@@H]1O. The summed E-state index contributed by atoms with van der Waals surface area (Å²) in [5, 5.41) is 301. The third kappa shape index (κ3) is 23.7. The number of hydrogen-bond acceptors (Lipinski definition) is 50. The number of nitrogens with one attached hydrogen (secondary N) is 4. The van der Waals surface area contributed by atoms with Crippen LogP contribution in [-0.2, 0) is 114 Å². The van der Waals surface area contributed by atoms with Crippen molar-refractivity contribution in [2.45, 2.75) is 322 Å². The molecule has 9 fully saturated rings. The van der Waals surface area contributed by atoms with E-state index in [-0.39, 0.29) is 0 Å². The summed E-state index contributed by atoms with van der Waals surface area (Å²) < 4.78 is 120. The van der Waals surface area contributed by atoms with Gasteiger partial charge < -0.3 is 249 Å². The van der Waals surface area contributed by atoms with Gasteiger partial charge in [-0.15, -0.1) is 0 Å². The Morgan fingerprint density at radius 3 is 1.22 bits per heavy atom. The molecule has 0 bridgehead atoms. The lowest BCUT2D eigenvalue weighted by atomic mass is 9.93. The van der Waals surface area contributed by atoms with E-state index in [0.717, 1.165) is 41.9 Å². The minimum absolute atomic E-state index is 0.823. The third-order valence-corrected chi connectivity index (χ3v) is 22.2. The van der Waals surface area contributed by atoms with E-state index < -0.39 is 391 Å². The Labute approximate surface area is 698 Å². The topological polar surface area (TPSA) is 827 Å². The molecule has 0 spiro atoms. The standard InChI is InChI=1S/C69H118N4O50/c1-18(82)70-22(7-74)36(88)52(23(86)8-75)117-61-33(71-19(2)83)44(96)55(30(14-81)112-61)119-69-60(123-65-48(100)37(89)24(87)15-106-65)58(42(94)32(116-69)17-107-64-49(101)45(97)38(90)25(9-76)109-64)121-68-59(46(98)39(91)26(10-77)111-68)122-62-34(72-20(3)84)43(95)54(29(13-80)113-62)118-63-35(73-21(4)85)56(120-67-50(102)47(99)53(104-5)28(12-79)114-67)41(93)31(115-63)16-108-66-51(103)57(105-6)40(92)27(11-78)110-66/h22-69,74-81,86-103H,7-17H2,1-6H3,(H,70,82)(H,71,83)(H,72,84)(H,73,85)/t22-,23+,24+,25+,26+,27+,28+,29+,30+,31+,32+,33+,34+,35+,36+,37-,38+,39+,40-,41-,42+,43+,44+,45-,46-,47+,48+,49-,50+,51+,52+,53-,54+,55+,56+,57-,58-,59-,60-,61-,62-,63-,64-,65-,66+,67-,68+,69-/m0/s1. The van der Waals surface area contributed by atoms with E-state index in [2.05, 4.69) is 21.3 Å². The number of carbonyl (C=O) groups is 4. The Morgan fingerprint density at radius 2 is 0.699 bits per heavy atom. The number of methoxy groups -OCH3 is 2. The average molecular weight is 1800 g/mol. The van der Waals surface area contributed by atoms with Crippen molar-refractivity contribution in [2.24, 2.45) is 0 Å². The van der Waals surface area contributed by atoms with E-state index in [0.29, 0.717) is 0 Å². The maximum atomic E-state index is 13.5. The summed E-state index contributed by atoms with van der Waals surface area (Å²) >= 11 is 0. The van der Waals surface area contributed by atoms with E-state index in [1.165, 1.54) is 0 Å². The number of carbonyl (C=O) groups excluding carboxylic acids is 4. The van der Waals surface area contributed by atoms with Gasteiger partial charge >= 0.3 is 0 Å². The molecule has 48 atom stereocenters. The highest BCUT2D eigenvalue weighted by Crippen LogP contribution is 2.41. The fourth-order valence-corrected chi connectivity index (χ4v) is 15.7. The van der Waals surface area contributed by atoms with Crippen LogP contribution in [0, 0.1) is 0 Å². The summed E-state index contributed by atoms with van der Waals surface area (Å²) in [4.78, 5) is 52.1. The normalized spacial score (nSPS) is 46.1. The number of ether oxygens (including phenoxy) is 20. The molecule has 714 valence electrons. The van der Waals surface area contributed by atoms with Crippen LogP contribution in [0.4, 0.5) is 0 Å². The largest absolute Gasteiger partial charge is 0.394 e. The van der Waals surface area contributed by atoms with Crippen molar-refractivity contribution >= 4 is 23.6 Å². The van der Waals surface area contributed by atoms with Gasteiger partial charge in [-0.1, -0.05) is 0 Å². The van der Waals surface area contributed by atoms with Crippen LogP contribution < -0.4 is 21.3 Å². The van der Waals surface area contributed by atoms with E-state index in [4.69, 9.17) is 94.7 Å². The first-order valence-electron chi connectivity index (χ1n) is 39.2. The molecule has 0 aromatic rings. The highest BCUT2D eigenvalue weighted by Gasteiger charge is 2.62. The number of aliphatic hydroxyl groups is 26. The molecule has 0 aromatic carbocycles. The van der Waals surface area contributed by atoms with Crippen LogP contribution in [0.2, 0.25) is 0 Å². The van der Waals surface area contributed by atoms with Gasteiger partial charge in [-0.05, 0) is 0 Å². The monoisotopic (exact) mass is 1800 g/mol. The summed E-state index contributed by atoms with van der Waals surface area (Å²) in [6, 6.07) is -7.76. The summed E-state index contributed by atoms with van der Waals surface area (Å²) in [5.41, 5.74) is 0. The average Bonchev–Trinajstić information content (AvgIpc) is 0.759. The lowest BCUT2D eigenvalue weighted by molar-refractivity contribution is -0.411. The summed E-state index contributed by atoms with van der Waals surface area (Å²) in [5.74, 6) is -3.83. The first kappa shape index (κ1) is 103. The van der Waals surface area contributed by atoms with Gasteiger partial charge in [-0.3, -0.25) is 19.2 Å². The molecule has 9 heterocycles. The van der Waals surface area contributed by atoms with Crippen molar-refractivity contribution in [2.75, 3.05) is 86.9 Å². The molecule has 0 saturated carbocycles. The Kier molecular flexibility index (Phi) is 38.6. The Hall–Kier alpha value is -3.96. The highest BCUT2D eigenvalue weighted by molar-refractivity contribution is 5.74. The molecule has 9 aliphatic rings. The third-order valence-electron chi connectivity index (χ3n) is 22.2. The van der Waals surface area contributed by atoms with Gasteiger partial charge in [-0.25, -0.2) is 0 Å². The van der Waals surface area contributed by atoms with Crippen molar-refractivity contribution in [1.82, 2.24) is 21.3 Å². The number of rotatable bonds is 37. The molecule has 0 radical (unpaired) electrons. The fraction of sp³-hybridized carbons (Fsp3) is 0.942. The molecular formula is C69H118N4O50. The summed E-state index contributed by atoms with van der Waals surface area (Å²) in [6.45, 7) is -8.03. The molecule has 4 amide bonds. The molecule has 123 heavy (non-hydrogen) atoms. The summed E-state index contributed by atoms with van der Waals surface area (Å²) in [7, 11) is 2.22. The van der Waals surface area contributed by atoms with E-state index in [9.17, 15) is 152 Å². The predicted octanol–water partition coefficient (Wildman–Crippen LogP) is -20.6. The van der Waals surface area contributed by atoms with Crippen molar-refractivity contribution in [3.05, 3.63) is 0 Å². The Balaban J connectivity index is 1.10. The lowest BCUT2D eigenvalue weighted by Gasteiger charge is -2.52. The number of hydrogen-bond donors (Lipinski definition) is 30. The molecule has 54 heteroatoms. The second-order valence-corrected chi connectivity index (χ2v) is 30.7. The van der Waals surface area contributed by atoms with Gasteiger partial charge in [0.25, 0.3) is 0 Å². The number of amides is 4. The first-order chi connectivity index (χ1) is 58.3. The Morgan fingerprint density at radius 1 is 0.325 bits per heavy atom. The maximum Gasteiger partial charge on any atom is 0.217 e. The summed E-state index contributed by atoms with van der Waals surface area (Å²) in [6.07, 6.45) is -92.2.